The molecule has 4 heteroatoms. The Morgan fingerprint density at radius 2 is 1.06 bits per heavy atom. The molecule has 0 bridgehead atoms. The second-order valence-electron chi connectivity index (χ2n) is 3.20. The highest BCUT2D eigenvalue weighted by molar-refractivity contribution is 8.05. The lowest BCUT2D eigenvalue weighted by molar-refractivity contribution is 1.43. The fourth-order valence-corrected chi connectivity index (χ4v) is 3.13. The predicted molar refractivity (Wildman–Crippen MR) is 73.6 cm³/mol. The SMILES string of the molecule is ClP(Cl)N(c1ccccc1)c1ccccc1. The van der Waals surface area contributed by atoms with E-state index in [0.717, 1.165) is 11.4 Å². The Hall–Kier alpha value is -0.750. The number of hydrogen-bond donors (Lipinski definition) is 0. The van der Waals surface area contributed by atoms with E-state index in [4.69, 9.17) is 22.5 Å². The third kappa shape index (κ3) is 2.68. The summed E-state index contributed by atoms with van der Waals surface area (Å²) in [6, 6.07) is 19.8. The second-order valence-corrected chi connectivity index (χ2v) is 6.47. The van der Waals surface area contributed by atoms with Gasteiger partial charge in [0.1, 0.15) is 0 Å². The monoisotopic (exact) mass is 269 g/mol. The van der Waals surface area contributed by atoms with Gasteiger partial charge in [0.25, 0.3) is 0 Å². The molecule has 0 amide bonds. The zero-order chi connectivity index (χ0) is 11.4. The summed E-state index contributed by atoms with van der Waals surface area (Å²) >= 11 is 12.1. The lowest BCUT2D eigenvalue weighted by atomic mass is 10.3. The summed E-state index contributed by atoms with van der Waals surface area (Å²) in [5.74, 6) is 0. The molecule has 0 aliphatic heterocycles. The van der Waals surface area contributed by atoms with Crippen molar-refractivity contribution in [3.05, 3.63) is 60.7 Å². The number of nitrogens with zero attached hydrogens (tertiary/aromatic N) is 1. The normalized spacial score (nSPS) is 10.4. The van der Waals surface area contributed by atoms with Crippen molar-refractivity contribution in [3.8, 4) is 0 Å². The summed E-state index contributed by atoms with van der Waals surface area (Å²) in [5, 5.41) is 0. The van der Waals surface area contributed by atoms with Gasteiger partial charge in [0, 0.05) is 11.4 Å². The van der Waals surface area contributed by atoms with E-state index < -0.39 is 6.78 Å². The molecule has 0 fully saturated rings. The van der Waals surface area contributed by atoms with Gasteiger partial charge >= 0.3 is 0 Å². The first-order valence-electron chi connectivity index (χ1n) is 4.81. The third-order valence-electron chi connectivity index (χ3n) is 2.15. The van der Waals surface area contributed by atoms with Crippen LogP contribution in [0.25, 0.3) is 0 Å². The van der Waals surface area contributed by atoms with Gasteiger partial charge in [-0.3, -0.25) is 4.67 Å². The van der Waals surface area contributed by atoms with Crippen molar-refractivity contribution in [2.24, 2.45) is 0 Å². The summed E-state index contributed by atoms with van der Waals surface area (Å²) in [5.41, 5.74) is 2.01. The van der Waals surface area contributed by atoms with Crippen LogP contribution in [0.1, 0.15) is 0 Å². The van der Waals surface area contributed by atoms with Crippen LogP contribution in [-0.4, -0.2) is 0 Å². The fraction of sp³-hybridized carbons (Fsp3) is 0. The van der Waals surface area contributed by atoms with E-state index >= 15 is 0 Å². The van der Waals surface area contributed by atoms with E-state index in [0.29, 0.717) is 0 Å². The van der Waals surface area contributed by atoms with Crippen molar-refractivity contribution in [1.82, 2.24) is 0 Å². The first-order valence-corrected chi connectivity index (χ1v) is 7.91. The molecular weight excluding hydrogens is 260 g/mol. The predicted octanol–water partition coefficient (Wildman–Crippen LogP) is 5.53. The molecule has 2 aromatic carbocycles. The molecule has 2 aromatic rings. The molecule has 0 aromatic heterocycles. The Balaban J connectivity index is 2.40. The molecule has 1 nitrogen and oxygen atoms in total. The van der Waals surface area contributed by atoms with Gasteiger partial charge in [0.05, 0.1) is 0 Å². The molecule has 16 heavy (non-hydrogen) atoms. The number of rotatable bonds is 3. The molecule has 0 aliphatic carbocycles. The van der Waals surface area contributed by atoms with Gasteiger partial charge in [-0.25, -0.2) is 0 Å². The quantitative estimate of drug-likeness (QED) is 0.663. The summed E-state index contributed by atoms with van der Waals surface area (Å²) < 4.78 is 1.93. The zero-order valence-corrected chi connectivity index (χ0v) is 10.8. The van der Waals surface area contributed by atoms with E-state index in [9.17, 15) is 0 Å². The number of benzene rings is 2. The van der Waals surface area contributed by atoms with Crippen molar-refractivity contribution >= 4 is 40.6 Å². The smallest absolute Gasteiger partial charge is 0.192 e. The molecule has 0 aliphatic rings. The molecule has 0 spiro atoms. The van der Waals surface area contributed by atoms with E-state index in [-0.39, 0.29) is 0 Å². The molecule has 0 heterocycles. The van der Waals surface area contributed by atoms with Crippen molar-refractivity contribution in [2.75, 3.05) is 4.67 Å². The van der Waals surface area contributed by atoms with Crippen LogP contribution in [-0.2, 0) is 0 Å². The summed E-state index contributed by atoms with van der Waals surface area (Å²) in [6.45, 7) is -1.24. The number of anilines is 2. The van der Waals surface area contributed by atoms with Crippen molar-refractivity contribution in [2.45, 2.75) is 0 Å². The van der Waals surface area contributed by atoms with Crippen LogP contribution < -0.4 is 4.67 Å². The van der Waals surface area contributed by atoms with Gasteiger partial charge in [-0.15, -0.1) is 0 Å². The number of para-hydroxylation sites is 2. The summed E-state index contributed by atoms with van der Waals surface area (Å²) in [7, 11) is 0. The van der Waals surface area contributed by atoms with Gasteiger partial charge in [-0.05, 0) is 24.3 Å². The Kier molecular flexibility index (Phi) is 4.06. The van der Waals surface area contributed by atoms with Gasteiger partial charge in [0.2, 0.25) is 0 Å². The van der Waals surface area contributed by atoms with E-state index in [1.54, 1.807) is 0 Å². The summed E-state index contributed by atoms with van der Waals surface area (Å²) in [4.78, 5) is 0. The standard InChI is InChI=1S/C12H10Cl2NP/c13-16(14)15(11-7-3-1-4-8-11)12-9-5-2-6-10-12/h1-10H. The van der Waals surface area contributed by atoms with Crippen LogP contribution in [0.4, 0.5) is 11.4 Å². The second kappa shape index (κ2) is 5.54. The van der Waals surface area contributed by atoms with Crippen LogP contribution in [0.15, 0.2) is 60.7 Å². The van der Waals surface area contributed by atoms with E-state index in [1.807, 2.05) is 65.3 Å². The number of halogens is 2. The summed E-state index contributed by atoms with van der Waals surface area (Å²) in [6.07, 6.45) is 0. The van der Waals surface area contributed by atoms with Crippen LogP contribution >= 0.6 is 29.3 Å². The minimum atomic E-state index is -1.24. The van der Waals surface area contributed by atoms with Crippen LogP contribution in [0.3, 0.4) is 0 Å². The third-order valence-corrected chi connectivity index (χ3v) is 3.82. The Bertz CT molecular complexity index is 394. The maximum absolute atomic E-state index is 6.07. The van der Waals surface area contributed by atoms with Gasteiger partial charge in [-0.2, -0.15) is 0 Å². The fourth-order valence-electron chi connectivity index (χ4n) is 1.46. The van der Waals surface area contributed by atoms with Gasteiger partial charge in [-0.1, -0.05) is 58.9 Å². The molecule has 0 N–H and O–H groups in total. The van der Waals surface area contributed by atoms with Crippen molar-refractivity contribution in [3.63, 3.8) is 0 Å². The highest BCUT2D eigenvalue weighted by Crippen LogP contribution is 2.56. The maximum Gasteiger partial charge on any atom is 0.192 e. The molecule has 0 unspecified atom stereocenters. The molecule has 82 valence electrons. The minimum absolute atomic E-state index is 1.00. The average Bonchev–Trinajstić information content (AvgIpc) is 2.31. The maximum atomic E-state index is 6.07. The van der Waals surface area contributed by atoms with Crippen LogP contribution in [0.5, 0.6) is 0 Å². The molecule has 0 radical (unpaired) electrons. The molecular formula is C12H10Cl2NP. The molecule has 0 saturated carbocycles. The molecule has 0 atom stereocenters. The first kappa shape index (κ1) is 11.7. The topological polar surface area (TPSA) is 3.24 Å². The van der Waals surface area contributed by atoms with Crippen LogP contribution in [0, 0.1) is 0 Å². The van der Waals surface area contributed by atoms with Crippen molar-refractivity contribution in [1.29, 1.82) is 0 Å². The average molecular weight is 270 g/mol. The lowest BCUT2D eigenvalue weighted by Gasteiger charge is -2.24. The lowest BCUT2D eigenvalue weighted by Crippen LogP contribution is -2.04. The Morgan fingerprint density at radius 1 is 0.688 bits per heavy atom. The molecule has 2 rings (SSSR count). The minimum Gasteiger partial charge on any atom is -0.295 e. The van der Waals surface area contributed by atoms with Crippen molar-refractivity contribution < 1.29 is 0 Å². The van der Waals surface area contributed by atoms with Gasteiger partial charge in [0.15, 0.2) is 6.78 Å². The number of hydrogen-bond acceptors (Lipinski definition) is 1. The highest BCUT2D eigenvalue weighted by atomic mass is 35.9. The highest BCUT2D eigenvalue weighted by Gasteiger charge is 2.15. The Labute approximate surface area is 106 Å². The molecule has 0 saturated heterocycles. The zero-order valence-electron chi connectivity index (χ0n) is 8.42. The van der Waals surface area contributed by atoms with E-state index in [1.165, 1.54) is 0 Å². The van der Waals surface area contributed by atoms with Crippen LogP contribution in [0.2, 0.25) is 0 Å². The van der Waals surface area contributed by atoms with E-state index in [2.05, 4.69) is 0 Å². The first-order chi connectivity index (χ1) is 7.79. The Morgan fingerprint density at radius 3 is 1.38 bits per heavy atom. The largest absolute Gasteiger partial charge is 0.295 e. The van der Waals surface area contributed by atoms with Gasteiger partial charge < -0.3 is 0 Å².